The molecule has 0 aromatic rings. The number of rotatable bonds is 1. The summed E-state index contributed by atoms with van der Waals surface area (Å²) in [6, 6.07) is 0. The first kappa shape index (κ1) is 7.56. The third kappa shape index (κ3) is 1.09. The van der Waals surface area contributed by atoms with Gasteiger partial charge in [-0.1, -0.05) is 6.92 Å². The fourth-order valence-corrected chi connectivity index (χ4v) is 2.54. The van der Waals surface area contributed by atoms with Crippen LogP contribution in [0.4, 0.5) is 0 Å². The molecule has 2 rings (SSSR count). The Labute approximate surface area is 69.0 Å². The van der Waals surface area contributed by atoms with E-state index in [1.54, 1.807) is 0 Å². The smallest absolute Gasteiger partial charge is 0.0245 e. The summed E-state index contributed by atoms with van der Waals surface area (Å²) in [5, 5.41) is 3.43. The lowest BCUT2D eigenvalue weighted by atomic mass is 9.77. The van der Waals surface area contributed by atoms with Gasteiger partial charge in [0.05, 0.1) is 0 Å². The largest absolute Gasteiger partial charge is 0.317 e. The Morgan fingerprint density at radius 1 is 1.27 bits per heavy atom. The van der Waals surface area contributed by atoms with Crippen LogP contribution in [0, 0.1) is 0 Å². The van der Waals surface area contributed by atoms with Gasteiger partial charge in [0, 0.05) is 12.1 Å². The molecule has 2 fully saturated rings. The Bertz CT molecular complexity index is 136. The summed E-state index contributed by atoms with van der Waals surface area (Å²) in [5.74, 6) is 0. The minimum atomic E-state index is 0.639. The van der Waals surface area contributed by atoms with Crippen molar-refractivity contribution in [1.29, 1.82) is 0 Å². The van der Waals surface area contributed by atoms with Crippen LogP contribution in [0.15, 0.2) is 0 Å². The molecule has 0 saturated carbocycles. The van der Waals surface area contributed by atoms with E-state index < -0.39 is 0 Å². The van der Waals surface area contributed by atoms with Crippen molar-refractivity contribution in [2.24, 2.45) is 0 Å². The number of nitrogens with zero attached hydrogens (tertiary/aromatic N) is 1. The summed E-state index contributed by atoms with van der Waals surface area (Å²) in [6.45, 7) is 7.34. The second-order valence-corrected chi connectivity index (χ2v) is 3.80. The second kappa shape index (κ2) is 2.76. The van der Waals surface area contributed by atoms with E-state index in [4.69, 9.17) is 0 Å². The highest BCUT2D eigenvalue weighted by atomic mass is 15.3. The maximum absolute atomic E-state index is 3.43. The number of hydrogen-bond acceptors (Lipinski definition) is 2. The first-order chi connectivity index (χ1) is 5.37. The standard InChI is InChI=1S/C9H18N2/c1-2-11-8-5-9(11)3-6-10-7-4-9/h10H,2-8H2,1H3. The van der Waals surface area contributed by atoms with Gasteiger partial charge in [0.15, 0.2) is 0 Å². The molecule has 2 aliphatic heterocycles. The molecule has 2 heteroatoms. The van der Waals surface area contributed by atoms with Crippen LogP contribution >= 0.6 is 0 Å². The molecule has 2 heterocycles. The van der Waals surface area contributed by atoms with Crippen molar-refractivity contribution in [3.05, 3.63) is 0 Å². The van der Waals surface area contributed by atoms with Crippen LogP contribution in [0.25, 0.3) is 0 Å². The van der Waals surface area contributed by atoms with E-state index in [1.807, 2.05) is 0 Å². The van der Waals surface area contributed by atoms with Crippen molar-refractivity contribution < 1.29 is 0 Å². The molecule has 64 valence electrons. The van der Waals surface area contributed by atoms with Crippen LogP contribution in [-0.4, -0.2) is 36.6 Å². The first-order valence-electron chi connectivity index (χ1n) is 4.83. The summed E-state index contributed by atoms with van der Waals surface area (Å²) in [4.78, 5) is 2.65. The lowest BCUT2D eigenvalue weighted by Crippen LogP contribution is -2.63. The lowest BCUT2D eigenvalue weighted by Gasteiger charge is -2.55. The Hall–Kier alpha value is -0.0800. The van der Waals surface area contributed by atoms with E-state index in [9.17, 15) is 0 Å². The number of likely N-dealkylation sites (tertiary alicyclic amines) is 1. The molecule has 2 aliphatic rings. The van der Waals surface area contributed by atoms with E-state index in [-0.39, 0.29) is 0 Å². The maximum atomic E-state index is 3.43. The number of piperidine rings is 1. The zero-order valence-corrected chi connectivity index (χ0v) is 7.40. The molecule has 1 N–H and O–H groups in total. The quantitative estimate of drug-likeness (QED) is 0.602. The fraction of sp³-hybridized carbons (Fsp3) is 1.00. The predicted octanol–water partition coefficient (Wildman–Crippen LogP) is 0.834. The Morgan fingerprint density at radius 3 is 2.45 bits per heavy atom. The number of hydrogen-bond donors (Lipinski definition) is 1. The molecular weight excluding hydrogens is 136 g/mol. The van der Waals surface area contributed by atoms with Gasteiger partial charge in [-0.05, 0) is 38.9 Å². The van der Waals surface area contributed by atoms with Gasteiger partial charge in [0.2, 0.25) is 0 Å². The minimum absolute atomic E-state index is 0.639. The number of nitrogens with one attached hydrogen (secondary N) is 1. The van der Waals surface area contributed by atoms with E-state index in [2.05, 4.69) is 17.1 Å². The highest BCUT2D eigenvalue weighted by molar-refractivity contribution is 5.01. The average molecular weight is 154 g/mol. The minimum Gasteiger partial charge on any atom is -0.317 e. The normalized spacial score (nSPS) is 30.3. The zero-order valence-electron chi connectivity index (χ0n) is 7.40. The van der Waals surface area contributed by atoms with Crippen LogP contribution in [0.1, 0.15) is 26.2 Å². The Morgan fingerprint density at radius 2 is 2.00 bits per heavy atom. The highest BCUT2D eigenvalue weighted by Gasteiger charge is 2.43. The molecule has 0 bridgehead atoms. The Kier molecular flexibility index (Phi) is 1.90. The van der Waals surface area contributed by atoms with Gasteiger partial charge >= 0.3 is 0 Å². The molecule has 0 aromatic heterocycles. The van der Waals surface area contributed by atoms with Crippen molar-refractivity contribution in [3.8, 4) is 0 Å². The topological polar surface area (TPSA) is 15.3 Å². The van der Waals surface area contributed by atoms with Crippen molar-refractivity contribution in [2.75, 3.05) is 26.2 Å². The molecule has 0 radical (unpaired) electrons. The molecule has 0 aromatic carbocycles. The van der Waals surface area contributed by atoms with E-state index in [0.717, 1.165) is 0 Å². The zero-order chi connectivity index (χ0) is 7.73. The summed E-state index contributed by atoms with van der Waals surface area (Å²) < 4.78 is 0. The van der Waals surface area contributed by atoms with Gasteiger partial charge in [-0.3, -0.25) is 4.90 Å². The van der Waals surface area contributed by atoms with Crippen molar-refractivity contribution >= 4 is 0 Å². The molecule has 0 atom stereocenters. The van der Waals surface area contributed by atoms with Crippen LogP contribution < -0.4 is 5.32 Å². The van der Waals surface area contributed by atoms with Gasteiger partial charge < -0.3 is 5.32 Å². The van der Waals surface area contributed by atoms with Gasteiger partial charge in [-0.25, -0.2) is 0 Å². The van der Waals surface area contributed by atoms with Crippen LogP contribution in [-0.2, 0) is 0 Å². The lowest BCUT2D eigenvalue weighted by molar-refractivity contribution is -0.0324. The summed E-state index contributed by atoms with van der Waals surface area (Å²) >= 11 is 0. The highest BCUT2D eigenvalue weighted by Crippen LogP contribution is 2.37. The van der Waals surface area contributed by atoms with Crippen molar-refractivity contribution in [1.82, 2.24) is 10.2 Å². The van der Waals surface area contributed by atoms with E-state index in [1.165, 1.54) is 45.4 Å². The third-order valence-corrected chi connectivity index (χ3v) is 3.43. The maximum Gasteiger partial charge on any atom is 0.0245 e. The van der Waals surface area contributed by atoms with Gasteiger partial charge in [-0.15, -0.1) is 0 Å². The van der Waals surface area contributed by atoms with Gasteiger partial charge in [0.25, 0.3) is 0 Å². The predicted molar refractivity (Wildman–Crippen MR) is 46.7 cm³/mol. The van der Waals surface area contributed by atoms with Crippen LogP contribution in [0.3, 0.4) is 0 Å². The second-order valence-electron chi connectivity index (χ2n) is 3.80. The summed E-state index contributed by atoms with van der Waals surface area (Å²) in [7, 11) is 0. The molecule has 1 spiro atoms. The molecule has 0 unspecified atom stereocenters. The summed E-state index contributed by atoms with van der Waals surface area (Å²) in [5.41, 5.74) is 0.639. The van der Waals surface area contributed by atoms with E-state index >= 15 is 0 Å². The first-order valence-corrected chi connectivity index (χ1v) is 4.83. The van der Waals surface area contributed by atoms with Crippen molar-refractivity contribution in [2.45, 2.75) is 31.7 Å². The molecule has 2 nitrogen and oxygen atoms in total. The van der Waals surface area contributed by atoms with Gasteiger partial charge in [0.1, 0.15) is 0 Å². The fourth-order valence-electron chi connectivity index (χ4n) is 2.54. The van der Waals surface area contributed by atoms with Crippen LogP contribution in [0.5, 0.6) is 0 Å². The summed E-state index contributed by atoms with van der Waals surface area (Å²) in [6.07, 6.45) is 4.20. The average Bonchev–Trinajstić information content (AvgIpc) is 2.05. The monoisotopic (exact) mass is 154 g/mol. The third-order valence-electron chi connectivity index (χ3n) is 3.43. The molecule has 2 saturated heterocycles. The van der Waals surface area contributed by atoms with E-state index in [0.29, 0.717) is 5.54 Å². The Balaban J connectivity index is 1.97. The van der Waals surface area contributed by atoms with Gasteiger partial charge in [-0.2, -0.15) is 0 Å². The molecular formula is C9H18N2. The van der Waals surface area contributed by atoms with Crippen LogP contribution in [0.2, 0.25) is 0 Å². The molecule has 11 heavy (non-hydrogen) atoms. The SMILES string of the molecule is CCN1CCC12CCNCC2. The molecule has 0 amide bonds. The molecule has 0 aliphatic carbocycles. The van der Waals surface area contributed by atoms with Crippen molar-refractivity contribution in [3.63, 3.8) is 0 Å².